The fraction of sp³-hybridized carbons (Fsp3) is 0.714. The largest absolute Gasteiger partial charge is 0.353 e. The second-order valence-electron chi connectivity index (χ2n) is 5.53. The fourth-order valence-electron chi connectivity index (χ4n) is 2.89. The molecule has 1 fully saturated rings. The van der Waals surface area contributed by atoms with Crippen molar-refractivity contribution in [1.29, 1.82) is 0 Å². The van der Waals surface area contributed by atoms with E-state index >= 15 is 0 Å². The Morgan fingerprint density at radius 2 is 1.89 bits per heavy atom. The van der Waals surface area contributed by atoms with Crippen molar-refractivity contribution >= 4 is 21.9 Å². The topological polar surface area (TPSA) is 41.0 Å². The van der Waals surface area contributed by atoms with Crippen LogP contribution in [-0.4, -0.2) is 41.5 Å². The molecule has 1 unspecified atom stereocenters. The number of rotatable bonds is 5. The molecule has 0 aliphatic heterocycles. The molecular formula is C14H23BrN4. The molecule has 4 nitrogen and oxygen atoms in total. The summed E-state index contributed by atoms with van der Waals surface area (Å²) in [5.41, 5.74) is 0. The van der Waals surface area contributed by atoms with Crippen LogP contribution < -0.4 is 5.32 Å². The molecule has 0 aromatic carbocycles. The van der Waals surface area contributed by atoms with Gasteiger partial charge < -0.3 is 10.2 Å². The van der Waals surface area contributed by atoms with Crippen molar-refractivity contribution in [3.05, 3.63) is 16.9 Å². The first kappa shape index (κ1) is 14.7. The molecular weight excluding hydrogens is 304 g/mol. The van der Waals surface area contributed by atoms with Crippen LogP contribution in [0.2, 0.25) is 0 Å². The highest BCUT2D eigenvalue weighted by Crippen LogP contribution is 2.28. The average molecular weight is 327 g/mol. The molecule has 0 saturated heterocycles. The highest BCUT2D eigenvalue weighted by atomic mass is 79.9. The van der Waals surface area contributed by atoms with Gasteiger partial charge in [-0.2, -0.15) is 0 Å². The zero-order valence-corrected chi connectivity index (χ0v) is 13.4. The quantitative estimate of drug-likeness (QED) is 0.902. The van der Waals surface area contributed by atoms with E-state index < -0.39 is 0 Å². The van der Waals surface area contributed by atoms with Crippen LogP contribution in [0.25, 0.3) is 0 Å². The Kier molecular flexibility index (Phi) is 5.58. The van der Waals surface area contributed by atoms with Crippen molar-refractivity contribution in [2.24, 2.45) is 5.92 Å². The SMILES string of the molecule is CN(C)C(CNc1ncc(Br)cn1)C1CCCCC1. The summed E-state index contributed by atoms with van der Waals surface area (Å²) in [6.45, 7) is 0.916. The van der Waals surface area contributed by atoms with Gasteiger partial charge in [-0.1, -0.05) is 19.3 Å². The summed E-state index contributed by atoms with van der Waals surface area (Å²) in [6, 6.07) is 0.563. The van der Waals surface area contributed by atoms with Gasteiger partial charge in [0.15, 0.2) is 0 Å². The molecule has 5 heteroatoms. The normalized spacial score (nSPS) is 18.5. The molecule has 106 valence electrons. The van der Waals surface area contributed by atoms with Crippen molar-refractivity contribution in [3.8, 4) is 0 Å². The van der Waals surface area contributed by atoms with Gasteiger partial charge in [-0.3, -0.25) is 0 Å². The maximum Gasteiger partial charge on any atom is 0.222 e. The molecule has 0 amide bonds. The molecule has 2 rings (SSSR count). The average Bonchev–Trinajstić information content (AvgIpc) is 2.42. The predicted molar refractivity (Wildman–Crippen MR) is 82.3 cm³/mol. The monoisotopic (exact) mass is 326 g/mol. The van der Waals surface area contributed by atoms with E-state index in [-0.39, 0.29) is 0 Å². The van der Waals surface area contributed by atoms with E-state index in [9.17, 15) is 0 Å². The van der Waals surface area contributed by atoms with Crippen molar-refractivity contribution in [2.75, 3.05) is 26.0 Å². The molecule has 1 saturated carbocycles. The number of nitrogens with zero attached hydrogens (tertiary/aromatic N) is 3. The van der Waals surface area contributed by atoms with Gasteiger partial charge in [0, 0.05) is 25.0 Å². The first-order chi connectivity index (χ1) is 9.16. The number of nitrogens with one attached hydrogen (secondary N) is 1. The Labute approximate surface area is 124 Å². The second-order valence-corrected chi connectivity index (χ2v) is 6.45. The molecule has 1 aromatic heterocycles. The summed E-state index contributed by atoms with van der Waals surface area (Å²) in [6.07, 6.45) is 10.4. The molecule has 1 aromatic rings. The van der Waals surface area contributed by atoms with Crippen molar-refractivity contribution < 1.29 is 0 Å². The highest BCUT2D eigenvalue weighted by Gasteiger charge is 2.25. The summed E-state index contributed by atoms with van der Waals surface area (Å²) < 4.78 is 0.912. The lowest BCUT2D eigenvalue weighted by Crippen LogP contribution is -2.41. The van der Waals surface area contributed by atoms with Crippen molar-refractivity contribution in [3.63, 3.8) is 0 Å². The molecule has 1 aliphatic rings. The molecule has 0 radical (unpaired) electrons. The number of hydrogen-bond donors (Lipinski definition) is 1. The van der Waals surface area contributed by atoms with E-state index in [1.165, 1.54) is 32.1 Å². The smallest absolute Gasteiger partial charge is 0.222 e. The van der Waals surface area contributed by atoms with Gasteiger partial charge in [0.2, 0.25) is 5.95 Å². The van der Waals surface area contributed by atoms with Crippen LogP contribution >= 0.6 is 15.9 Å². The molecule has 1 N–H and O–H groups in total. The Balaban J connectivity index is 1.91. The lowest BCUT2D eigenvalue weighted by atomic mass is 9.83. The van der Waals surface area contributed by atoms with Crippen LogP contribution in [0.15, 0.2) is 16.9 Å². The summed E-state index contributed by atoms with van der Waals surface area (Å²) >= 11 is 3.35. The van der Waals surface area contributed by atoms with Gasteiger partial charge in [-0.05, 0) is 48.8 Å². The minimum Gasteiger partial charge on any atom is -0.353 e. The maximum absolute atomic E-state index is 4.27. The lowest BCUT2D eigenvalue weighted by molar-refractivity contribution is 0.179. The highest BCUT2D eigenvalue weighted by molar-refractivity contribution is 9.10. The Morgan fingerprint density at radius 3 is 2.47 bits per heavy atom. The van der Waals surface area contributed by atoms with Gasteiger partial charge in [0.25, 0.3) is 0 Å². The summed E-state index contributed by atoms with van der Waals surface area (Å²) in [4.78, 5) is 10.9. The lowest BCUT2D eigenvalue weighted by Gasteiger charge is -2.34. The van der Waals surface area contributed by atoms with Crippen LogP contribution in [0, 0.1) is 5.92 Å². The number of halogens is 1. The van der Waals surface area contributed by atoms with E-state index in [4.69, 9.17) is 0 Å². The molecule has 1 heterocycles. The minimum atomic E-state index is 0.563. The van der Waals surface area contributed by atoms with Crippen LogP contribution in [0.4, 0.5) is 5.95 Å². The molecule has 0 bridgehead atoms. The van der Waals surface area contributed by atoms with Gasteiger partial charge >= 0.3 is 0 Å². The Morgan fingerprint density at radius 1 is 1.26 bits per heavy atom. The predicted octanol–water partition coefficient (Wildman–Crippen LogP) is 3.16. The van der Waals surface area contributed by atoms with Crippen molar-refractivity contribution in [1.82, 2.24) is 14.9 Å². The van der Waals surface area contributed by atoms with E-state index in [0.717, 1.165) is 16.9 Å². The van der Waals surface area contributed by atoms with E-state index in [1.807, 2.05) is 0 Å². The molecule has 1 atom stereocenters. The zero-order chi connectivity index (χ0) is 13.7. The first-order valence-electron chi connectivity index (χ1n) is 7.04. The minimum absolute atomic E-state index is 0.563. The Bertz CT molecular complexity index is 374. The Hall–Kier alpha value is -0.680. The second kappa shape index (κ2) is 7.20. The summed E-state index contributed by atoms with van der Waals surface area (Å²) in [5, 5.41) is 3.37. The summed E-state index contributed by atoms with van der Waals surface area (Å²) in [7, 11) is 4.34. The van der Waals surface area contributed by atoms with Gasteiger partial charge in [-0.15, -0.1) is 0 Å². The third-order valence-corrected chi connectivity index (χ3v) is 4.36. The van der Waals surface area contributed by atoms with Crippen LogP contribution in [-0.2, 0) is 0 Å². The van der Waals surface area contributed by atoms with E-state index in [0.29, 0.717) is 12.0 Å². The van der Waals surface area contributed by atoms with Gasteiger partial charge in [0.1, 0.15) is 0 Å². The maximum atomic E-state index is 4.27. The molecule has 1 aliphatic carbocycles. The number of aromatic nitrogens is 2. The van der Waals surface area contributed by atoms with Gasteiger partial charge in [0.05, 0.1) is 4.47 Å². The summed E-state index contributed by atoms with van der Waals surface area (Å²) in [5.74, 6) is 1.51. The first-order valence-corrected chi connectivity index (χ1v) is 7.84. The fourth-order valence-corrected chi connectivity index (χ4v) is 3.09. The third kappa shape index (κ3) is 4.42. The van der Waals surface area contributed by atoms with E-state index in [2.05, 4.69) is 50.2 Å². The van der Waals surface area contributed by atoms with Crippen molar-refractivity contribution in [2.45, 2.75) is 38.1 Å². The third-order valence-electron chi connectivity index (χ3n) is 3.95. The molecule has 19 heavy (non-hydrogen) atoms. The van der Waals surface area contributed by atoms with Gasteiger partial charge in [-0.25, -0.2) is 9.97 Å². The standard InChI is InChI=1S/C14H23BrN4/c1-19(2)13(11-6-4-3-5-7-11)10-18-14-16-8-12(15)9-17-14/h8-9,11,13H,3-7,10H2,1-2H3,(H,16,17,18). The van der Waals surface area contributed by atoms with Crippen LogP contribution in [0.3, 0.4) is 0 Å². The number of anilines is 1. The number of hydrogen-bond acceptors (Lipinski definition) is 4. The van der Waals surface area contributed by atoms with E-state index in [1.54, 1.807) is 12.4 Å². The number of likely N-dealkylation sites (N-methyl/N-ethyl adjacent to an activating group) is 1. The molecule has 0 spiro atoms. The van der Waals surface area contributed by atoms with Crippen LogP contribution in [0.1, 0.15) is 32.1 Å². The zero-order valence-electron chi connectivity index (χ0n) is 11.8. The van der Waals surface area contributed by atoms with Crippen LogP contribution in [0.5, 0.6) is 0 Å².